The molecule has 2 nitrogen and oxygen atoms in total. The molecular weight excluding hydrogens is 436 g/mol. The Morgan fingerprint density at radius 1 is 1.03 bits per heavy atom. The van der Waals surface area contributed by atoms with Gasteiger partial charge in [0.05, 0.1) is 5.60 Å². The van der Waals surface area contributed by atoms with Gasteiger partial charge in [-0.1, -0.05) is 97.3 Å². The summed E-state index contributed by atoms with van der Waals surface area (Å²) in [6.45, 7) is 6.34. The molecule has 2 aromatic carbocycles. The fourth-order valence-electron chi connectivity index (χ4n) is 4.38. The molecule has 0 aliphatic heterocycles. The molecule has 0 amide bonds. The molecule has 0 saturated heterocycles. The van der Waals surface area contributed by atoms with Gasteiger partial charge in [0.15, 0.2) is 5.78 Å². The smallest absolute Gasteiger partial charge is 0.185 e. The monoisotopic (exact) mass is 466 g/mol. The van der Waals surface area contributed by atoms with Crippen LogP contribution in [0.5, 0.6) is 0 Å². The van der Waals surface area contributed by atoms with E-state index < -0.39 is 5.60 Å². The van der Waals surface area contributed by atoms with Gasteiger partial charge in [0.25, 0.3) is 0 Å². The molecule has 2 aliphatic rings. The molecule has 2 aromatic rings. The third kappa shape index (κ3) is 6.25. The Hall–Kier alpha value is -3.14. The summed E-state index contributed by atoms with van der Waals surface area (Å²) in [5.74, 6) is 0.0113. The zero-order valence-corrected chi connectivity index (χ0v) is 20.4. The maximum Gasteiger partial charge on any atom is 0.185 e. The number of aryl methyl sites for hydroxylation is 1. The second-order valence-corrected chi connectivity index (χ2v) is 10.2. The first-order valence-corrected chi connectivity index (χ1v) is 12.4. The maximum atomic E-state index is 13.5. The van der Waals surface area contributed by atoms with Crippen molar-refractivity contribution >= 4 is 23.6 Å². The van der Waals surface area contributed by atoms with Crippen molar-refractivity contribution in [2.75, 3.05) is 0 Å². The molecule has 1 saturated carbocycles. The normalized spacial score (nSPS) is 22.6. The molecule has 2 aliphatic carbocycles. The summed E-state index contributed by atoms with van der Waals surface area (Å²) < 4.78 is 0. The Morgan fingerprint density at radius 3 is 2.50 bits per heavy atom. The van der Waals surface area contributed by atoms with Crippen molar-refractivity contribution in [1.29, 1.82) is 0 Å². The van der Waals surface area contributed by atoms with Crippen LogP contribution < -0.4 is 0 Å². The van der Waals surface area contributed by atoms with Crippen LogP contribution in [0.1, 0.15) is 36.8 Å². The number of Topliss-reactive ketones (excluding diaryl/α,β-unsaturated/α-hetero) is 1. The zero-order chi connectivity index (χ0) is 24.0. The van der Waals surface area contributed by atoms with E-state index in [4.69, 9.17) is 0 Å². The van der Waals surface area contributed by atoms with Gasteiger partial charge in [-0.25, -0.2) is 0 Å². The molecule has 0 aromatic heterocycles. The number of aliphatic hydroxyl groups is 1. The largest absolute Gasteiger partial charge is 0.389 e. The number of carbonyl (C=O) groups is 1. The van der Waals surface area contributed by atoms with Gasteiger partial charge in [-0.2, -0.15) is 0 Å². The van der Waals surface area contributed by atoms with Crippen LogP contribution in [0.25, 0.3) is 6.08 Å². The summed E-state index contributed by atoms with van der Waals surface area (Å²) in [7, 11) is 0. The lowest BCUT2D eigenvalue weighted by Crippen LogP contribution is -2.37. The molecular formula is C31H30O2S. The molecule has 3 heteroatoms. The summed E-state index contributed by atoms with van der Waals surface area (Å²) >= 11 is 1.60. The predicted octanol–water partition coefficient (Wildman–Crippen LogP) is 7.54. The lowest BCUT2D eigenvalue weighted by Gasteiger charge is -2.35. The minimum atomic E-state index is -1.07. The molecule has 0 radical (unpaired) electrons. The van der Waals surface area contributed by atoms with Gasteiger partial charge in [0, 0.05) is 35.3 Å². The first-order chi connectivity index (χ1) is 16.4. The van der Waals surface area contributed by atoms with Crippen molar-refractivity contribution in [3.63, 3.8) is 0 Å². The molecule has 1 unspecified atom stereocenters. The Kier molecular flexibility index (Phi) is 7.66. The van der Waals surface area contributed by atoms with Crippen molar-refractivity contribution in [2.45, 2.75) is 43.1 Å². The average Bonchev–Trinajstić information content (AvgIpc) is 3.08. The average molecular weight is 467 g/mol. The van der Waals surface area contributed by atoms with Crippen LogP contribution >= 0.6 is 11.8 Å². The number of hydrogen-bond donors (Lipinski definition) is 1. The molecule has 0 spiro atoms. The number of carbonyl (C=O) groups excluding carboxylic acids is 1. The van der Waals surface area contributed by atoms with Gasteiger partial charge < -0.3 is 5.11 Å². The number of hydrogen-bond acceptors (Lipinski definition) is 3. The summed E-state index contributed by atoms with van der Waals surface area (Å²) in [5, 5.41) is 11.8. The molecule has 34 heavy (non-hydrogen) atoms. The number of thioether (sulfide) groups is 1. The van der Waals surface area contributed by atoms with E-state index in [0.717, 1.165) is 27.4 Å². The van der Waals surface area contributed by atoms with E-state index in [9.17, 15) is 9.90 Å². The topological polar surface area (TPSA) is 37.3 Å². The number of benzene rings is 2. The summed E-state index contributed by atoms with van der Waals surface area (Å²) in [6, 6.07) is 18.0. The van der Waals surface area contributed by atoms with Gasteiger partial charge in [-0.05, 0) is 53.2 Å². The van der Waals surface area contributed by atoms with Gasteiger partial charge in [-0.15, -0.1) is 0 Å². The van der Waals surface area contributed by atoms with Crippen molar-refractivity contribution in [3.05, 3.63) is 130 Å². The second-order valence-electron chi connectivity index (χ2n) is 8.97. The third-order valence-electron chi connectivity index (χ3n) is 6.00. The predicted molar refractivity (Wildman–Crippen MR) is 143 cm³/mol. The van der Waals surface area contributed by atoms with E-state index in [2.05, 4.69) is 37.8 Å². The maximum absolute atomic E-state index is 13.5. The molecule has 1 N–H and O–H groups in total. The van der Waals surface area contributed by atoms with Crippen molar-refractivity contribution in [1.82, 2.24) is 0 Å². The SMILES string of the molecule is C=C(CC1(O)C/C(=C/C2=CCC=CC=C2)C(=O)/C(=C\c2ccccc2)C1)Sc1ccccc1C. The van der Waals surface area contributed by atoms with E-state index in [1.54, 1.807) is 11.8 Å². The zero-order valence-electron chi connectivity index (χ0n) is 19.5. The van der Waals surface area contributed by atoms with Crippen molar-refractivity contribution < 1.29 is 9.90 Å². The quantitative estimate of drug-likeness (QED) is 0.353. The van der Waals surface area contributed by atoms with Crippen LogP contribution in [-0.4, -0.2) is 16.5 Å². The molecule has 1 fully saturated rings. The van der Waals surface area contributed by atoms with Gasteiger partial charge in [-0.3, -0.25) is 4.79 Å². The lowest BCUT2D eigenvalue weighted by atomic mass is 9.75. The summed E-state index contributed by atoms with van der Waals surface area (Å²) in [4.78, 5) is 15.5. The minimum Gasteiger partial charge on any atom is -0.389 e. The van der Waals surface area contributed by atoms with Crippen LogP contribution in [0.4, 0.5) is 0 Å². The minimum absolute atomic E-state index is 0.0113. The van der Waals surface area contributed by atoms with Crippen LogP contribution in [0.2, 0.25) is 0 Å². The van der Waals surface area contributed by atoms with Crippen LogP contribution in [-0.2, 0) is 4.79 Å². The van der Waals surface area contributed by atoms with E-state index in [1.807, 2.05) is 72.8 Å². The number of ketones is 1. The highest BCUT2D eigenvalue weighted by Gasteiger charge is 2.39. The van der Waals surface area contributed by atoms with Gasteiger partial charge in [0.1, 0.15) is 0 Å². The summed E-state index contributed by atoms with van der Waals surface area (Å²) in [6.07, 6.45) is 15.9. The number of allylic oxidation sites excluding steroid dienone is 7. The van der Waals surface area contributed by atoms with Crippen molar-refractivity contribution in [3.8, 4) is 0 Å². The summed E-state index contributed by atoms with van der Waals surface area (Å²) in [5.41, 5.74) is 3.34. The fourth-order valence-corrected chi connectivity index (χ4v) is 5.41. The van der Waals surface area contributed by atoms with Gasteiger partial charge in [0.2, 0.25) is 0 Å². The Bertz CT molecular complexity index is 1230. The fraction of sp³-hybridized carbons (Fsp3) is 0.194. The highest BCUT2D eigenvalue weighted by Crippen LogP contribution is 2.42. The Labute approximate surface area is 206 Å². The Morgan fingerprint density at radius 2 is 1.74 bits per heavy atom. The standard InChI is InChI=1S/C31H30O2S/c1-23-12-10-11-17-29(23)34-24(2)20-31(33)21-27(18-25-13-6-3-4-7-14-25)30(32)28(22-31)19-26-15-8-5-9-16-26/h3-6,8-19,33H,2,7,20-22H2,1H3/b27-18-,28-19-. The Balaban J connectivity index is 1.63. The third-order valence-corrected chi connectivity index (χ3v) is 7.11. The molecule has 4 rings (SSSR count). The molecule has 172 valence electrons. The van der Waals surface area contributed by atoms with Crippen LogP contribution in [0.15, 0.2) is 124 Å². The van der Waals surface area contributed by atoms with Crippen LogP contribution in [0.3, 0.4) is 0 Å². The van der Waals surface area contributed by atoms with E-state index in [1.165, 1.54) is 5.56 Å². The molecule has 1 atom stereocenters. The lowest BCUT2D eigenvalue weighted by molar-refractivity contribution is -0.115. The van der Waals surface area contributed by atoms with Crippen LogP contribution in [0, 0.1) is 6.92 Å². The first kappa shape index (κ1) is 24.0. The number of rotatable bonds is 6. The molecule has 0 bridgehead atoms. The highest BCUT2D eigenvalue weighted by atomic mass is 32.2. The second kappa shape index (κ2) is 10.9. The van der Waals surface area contributed by atoms with E-state index >= 15 is 0 Å². The molecule has 0 heterocycles. The first-order valence-electron chi connectivity index (χ1n) is 11.6. The van der Waals surface area contributed by atoms with Gasteiger partial charge >= 0.3 is 0 Å². The highest BCUT2D eigenvalue weighted by molar-refractivity contribution is 8.03. The van der Waals surface area contributed by atoms with Crippen molar-refractivity contribution in [2.24, 2.45) is 0 Å². The van der Waals surface area contributed by atoms with E-state index in [-0.39, 0.29) is 5.78 Å². The van der Waals surface area contributed by atoms with E-state index in [0.29, 0.717) is 30.4 Å².